The number of pyridine rings is 1. The van der Waals surface area contributed by atoms with E-state index in [4.69, 9.17) is 0 Å². The van der Waals surface area contributed by atoms with Gasteiger partial charge in [0.15, 0.2) is 0 Å². The molecule has 6 heteroatoms. The van der Waals surface area contributed by atoms with Gasteiger partial charge in [0.25, 0.3) is 10.0 Å². The van der Waals surface area contributed by atoms with E-state index in [0.717, 1.165) is 5.69 Å². The van der Waals surface area contributed by atoms with Crippen molar-refractivity contribution in [1.29, 1.82) is 0 Å². The molecule has 0 saturated carbocycles. The number of hydrogen-bond donors (Lipinski definition) is 2. The summed E-state index contributed by atoms with van der Waals surface area (Å²) in [5.41, 5.74) is 1.55. The summed E-state index contributed by atoms with van der Waals surface area (Å²) in [6.07, 6.45) is 1.45. The second kappa shape index (κ2) is 5.38. The average molecular weight is 278 g/mol. The van der Waals surface area contributed by atoms with Gasteiger partial charge in [0, 0.05) is 5.69 Å². The number of aryl methyl sites for hydroxylation is 1. The molecular formula is C13H14N2O3S. The Morgan fingerprint density at radius 2 is 1.95 bits per heavy atom. The zero-order valence-corrected chi connectivity index (χ0v) is 11.2. The first-order chi connectivity index (χ1) is 9.03. The Balaban J connectivity index is 2.35. The highest BCUT2D eigenvalue weighted by Gasteiger charge is 2.17. The molecule has 100 valence electrons. The van der Waals surface area contributed by atoms with Gasteiger partial charge in [0.2, 0.25) is 0 Å². The Bertz CT molecular complexity index is 667. The molecule has 0 spiro atoms. The lowest BCUT2D eigenvalue weighted by Crippen LogP contribution is -2.15. The number of rotatable bonds is 4. The summed E-state index contributed by atoms with van der Waals surface area (Å²) in [5, 5.41) is 9.18. The van der Waals surface area contributed by atoms with Gasteiger partial charge in [0.05, 0.1) is 23.4 Å². The number of aliphatic hydroxyl groups excluding tert-OH is 1. The number of hydrogen-bond acceptors (Lipinski definition) is 4. The third kappa shape index (κ3) is 3.10. The predicted octanol–water partition coefficient (Wildman–Crippen LogP) is 1.68. The summed E-state index contributed by atoms with van der Waals surface area (Å²) in [4.78, 5) is 4.09. The van der Waals surface area contributed by atoms with Gasteiger partial charge < -0.3 is 5.11 Å². The molecule has 1 aromatic carbocycles. The molecule has 19 heavy (non-hydrogen) atoms. The first-order valence-corrected chi connectivity index (χ1v) is 7.15. The number of anilines is 1. The molecule has 0 aliphatic heterocycles. The van der Waals surface area contributed by atoms with Crippen molar-refractivity contribution in [3.05, 3.63) is 53.9 Å². The Kier molecular flexibility index (Phi) is 3.82. The number of nitrogens with one attached hydrogen (secondary N) is 1. The lowest BCUT2D eigenvalue weighted by atomic mass is 10.2. The van der Waals surface area contributed by atoms with Gasteiger partial charge in [-0.25, -0.2) is 8.42 Å². The minimum Gasteiger partial charge on any atom is -0.392 e. The Morgan fingerprint density at radius 3 is 2.58 bits per heavy atom. The van der Waals surface area contributed by atoms with E-state index in [1.807, 2.05) is 6.92 Å². The second-order valence-electron chi connectivity index (χ2n) is 4.06. The van der Waals surface area contributed by atoms with Crippen molar-refractivity contribution >= 4 is 15.7 Å². The first-order valence-electron chi connectivity index (χ1n) is 5.67. The van der Waals surface area contributed by atoms with Crippen LogP contribution in [0.25, 0.3) is 0 Å². The van der Waals surface area contributed by atoms with Crippen LogP contribution in [-0.4, -0.2) is 18.5 Å². The molecule has 0 amide bonds. The van der Waals surface area contributed by atoms with E-state index in [9.17, 15) is 13.5 Å². The van der Waals surface area contributed by atoms with Crippen LogP contribution in [0.1, 0.15) is 11.3 Å². The van der Waals surface area contributed by atoms with Crippen LogP contribution >= 0.6 is 0 Å². The maximum absolute atomic E-state index is 12.2. The van der Waals surface area contributed by atoms with Crippen LogP contribution in [-0.2, 0) is 16.6 Å². The Morgan fingerprint density at radius 1 is 1.21 bits per heavy atom. The van der Waals surface area contributed by atoms with Crippen LogP contribution < -0.4 is 4.72 Å². The molecule has 0 bridgehead atoms. The highest BCUT2D eigenvalue weighted by atomic mass is 32.2. The molecule has 0 fully saturated rings. The average Bonchev–Trinajstić information content (AvgIpc) is 2.41. The normalized spacial score (nSPS) is 11.3. The third-order valence-corrected chi connectivity index (χ3v) is 4.08. The smallest absolute Gasteiger partial charge is 0.262 e. The lowest BCUT2D eigenvalue weighted by Gasteiger charge is -2.10. The van der Waals surface area contributed by atoms with Gasteiger partial charge >= 0.3 is 0 Å². The minimum absolute atomic E-state index is 0.0677. The standard InChI is InChI=1S/C13H14N2O3S/c1-10-6-7-12(8-14-10)15-19(17,18)13-5-3-2-4-11(13)9-16/h2-8,15-16H,9H2,1H3. The molecule has 2 rings (SSSR count). The summed E-state index contributed by atoms with van der Waals surface area (Å²) in [6, 6.07) is 9.67. The molecule has 1 heterocycles. The molecule has 2 aromatic rings. The molecule has 0 saturated heterocycles. The number of sulfonamides is 1. The summed E-state index contributed by atoms with van der Waals surface area (Å²) < 4.78 is 26.9. The van der Waals surface area contributed by atoms with Gasteiger partial charge in [0.1, 0.15) is 0 Å². The summed E-state index contributed by atoms with van der Waals surface area (Å²) >= 11 is 0. The molecular weight excluding hydrogens is 264 g/mol. The number of aliphatic hydroxyl groups is 1. The molecule has 0 atom stereocenters. The predicted molar refractivity (Wildman–Crippen MR) is 72.1 cm³/mol. The fourth-order valence-corrected chi connectivity index (χ4v) is 2.91. The minimum atomic E-state index is -3.72. The quantitative estimate of drug-likeness (QED) is 0.892. The second-order valence-corrected chi connectivity index (χ2v) is 5.71. The van der Waals surface area contributed by atoms with Crippen molar-refractivity contribution in [1.82, 2.24) is 4.98 Å². The lowest BCUT2D eigenvalue weighted by molar-refractivity contribution is 0.278. The zero-order chi connectivity index (χ0) is 13.9. The fourth-order valence-electron chi connectivity index (χ4n) is 1.63. The van der Waals surface area contributed by atoms with Crippen molar-refractivity contribution < 1.29 is 13.5 Å². The van der Waals surface area contributed by atoms with E-state index in [2.05, 4.69) is 9.71 Å². The molecule has 0 unspecified atom stereocenters. The van der Waals surface area contributed by atoms with Crippen LogP contribution in [0.15, 0.2) is 47.5 Å². The number of aromatic nitrogens is 1. The molecule has 5 nitrogen and oxygen atoms in total. The first kappa shape index (κ1) is 13.5. The molecule has 0 radical (unpaired) electrons. The van der Waals surface area contributed by atoms with Crippen LogP contribution in [0.4, 0.5) is 5.69 Å². The topological polar surface area (TPSA) is 79.3 Å². The van der Waals surface area contributed by atoms with Crippen molar-refractivity contribution in [3.8, 4) is 0 Å². The molecule has 0 aliphatic carbocycles. The third-order valence-electron chi connectivity index (χ3n) is 2.60. The van der Waals surface area contributed by atoms with Crippen LogP contribution in [0, 0.1) is 6.92 Å². The number of benzene rings is 1. The van der Waals surface area contributed by atoms with Gasteiger partial charge in [-0.3, -0.25) is 9.71 Å². The van der Waals surface area contributed by atoms with E-state index in [1.165, 1.54) is 12.3 Å². The van der Waals surface area contributed by atoms with Gasteiger partial charge in [-0.1, -0.05) is 18.2 Å². The largest absolute Gasteiger partial charge is 0.392 e. The Hall–Kier alpha value is -1.92. The highest BCUT2D eigenvalue weighted by Crippen LogP contribution is 2.19. The molecule has 2 N–H and O–H groups in total. The SMILES string of the molecule is Cc1ccc(NS(=O)(=O)c2ccccc2CO)cn1. The van der Waals surface area contributed by atoms with Crippen molar-refractivity contribution in [2.24, 2.45) is 0 Å². The van der Waals surface area contributed by atoms with Crippen LogP contribution in [0.3, 0.4) is 0 Å². The van der Waals surface area contributed by atoms with Crippen molar-refractivity contribution in [2.75, 3.05) is 4.72 Å². The van der Waals surface area contributed by atoms with E-state index in [-0.39, 0.29) is 11.5 Å². The van der Waals surface area contributed by atoms with Crippen LogP contribution in [0.5, 0.6) is 0 Å². The summed E-state index contributed by atoms with van der Waals surface area (Å²) in [7, 11) is -3.72. The molecule has 0 aliphatic rings. The van der Waals surface area contributed by atoms with Crippen molar-refractivity contribution in [2.45, 2.75) is 18.4 Å². The maximum Gasteiger partial charge on any atom is 0.262 e. The monoisotopic (exact) mass is 278 g/mol. The highest BCUT2D eigenvalue weighted by molar-refractivity contribution is 7.92. The number of nitrogens with zero attached hydrogens (tertiary/aromatic N) is 1. The van der Waals surface area contributed by atoms with Gasteiger partial charge in [-0.15, -0.1) is 0 Å². The van der Waals surface area contributed by atoms with Crippen LogP contribution in [0.2, 0.25) is 0 Å². The van der Waals surface area contributed by atoms with E-state index in [0.29, 0.717) is 11.3 Å². The summed E-state index contributed by atoms with van der Waals surface area (Å²) in [5.74, 6) is 0. The maximum atomic E-state index is 12.2. The fraction of sp³-hybridized carbons (Fsp3) is 0.154. The van der Waals surface area contributed by atoms with E-state index >= 15 is 0 Å². The molecule has 1 aromatic heterocycles. The summed E-state index contributed by atoms with van der Waals surface area (Å²) in [6.45, 7) is 1.49. The van der Waals surface area contributed by atoms with E-state index < -0.39 is 10.0 Å². The van der Waals surface area contributed by atoms with Gasteiger partial charge in [-0.05, 0) is 30.7 Å². The van der Waals surface area contributed by atoms with Crippen molar-refractivity contribution in [3.63, 3.8) is 0 Å². The zero-order valence-electron chi connectivity index (χ0n) is 10.4. The van der Waals surface area contributed by atoms with Gasteiger partial charge in [-0.2, -0.15) is 0 Å². The Labute approximate surface area is 112 Å². The van der Waals surface area contributed by atoms with E-state index in [1.54, 1.807) is 30.3 Å².